The molecule has 0 unspecified atom stereocenters. The number of oxazole rings is 1. The van der Waals surface area contributed by atoms with E-state index in [0.29, 0.717) is 25.3 Å². The fourth-order valence-electron chi connectivity index (χ4n) is 4.26. The number of amides is 1. The second kappa shape index (κ2) is 8.64. The van der Waals surface area contributed by atoms with Gasteiger partial charge in [-0.2, -0.15) is 0 Å². The van der Waals surface area contributed by atoms with Gasteiger partial charge in [-0.15, -0.1) is 0 Å². The van der Waals surface area contributed by atoms with Gasteiger partial charge in [0.1, 0.15) is 0 Å². The Morgan fingerprint density at radius 2 is 1.79 bits per heavy atom. The molecule has 4 nitrogen and oxygen atoms in total. The highest BCUT2D eigenvalue weighted by Crippen LogP contribution is 2.40. The zero-order valence-electron chi connectivity index (χ0n) is 17.0. The maximum atomic E-state index is 12.5. The summed E-state index contributed by atoms with van der Waals surface area (Å²) < 4.78 is 5.84. The Balaban J connectivity index is 1.32. The van der Waals surface area contributed by atoms with Gasteiger partial charge in [0.15, 0.2) is 11.7 Å². The predicted molar refractivity (Wildman–Crippen MR) is 115 cm³/mol. The lowest BCUT2D eigenvalue weighted by Gasteiger charge is -2.30. The molecule has 0 aliphatic heterocycles. The van der Waals surface area contributed by atoms with Gasteiger partial charge in [0.25, 0.3) is 0 Å². The SMILES string of the molecule is Cc1ccc(-c2cnc(CCC(=O)NCC3(c4ccccc4)CCCC3)o2)cc1. The van der Waals surface area contributed by atoms with Crippen molar-refractivity contribution in [3.63, 3.8) is 0 Å². The zero-order valence-corrected chi connectivity index (χ0v) is 17.0. The first kappa shape index (κ1) is 19.4. The molecule has 4 heteroatoms. The Labute approximate surface area is 172 Å². The van der Waals surface area contributed by atoms with Crippen LogP contribution < -0.4 is 5.32 Å². The Morgan fingerprint density at radius 3 is 2.52 bits per heavy atom. The second-order valence-electron chi connectivity index (χ2n) is 8.11. The molecule has 4 rings (SSSR count). The average molecular weight is 389 g/mol. The van der Waals surface area contributed by atoms with Crippen LogP contribution in [0.1, 0.15) is 49.1 Å². The molecule has 29 heavy (non-hydrogen) atoms. The highest BCUT2D eigenvalue weighted by Gasteiger charge is 2.35. The first-order valence-corrected chi connectivity index (χ1v) is 10.5. The molecule has 0 atom stereocenters. The third-order valence-corrected chi connectivity index (χ3v) is 6.03. The van der Waals surface area contributed by atoms with E-state index in [1.54, 1.807) is 6.20 Å². The van der Waals surface area contributed by atoms with E-state index in [9.17, 15) is 4.79 Å². The van der Waals surface area contributed by atoms with Crippen molar-refractivity contribution in [3.8, 4) is 11.3 Å². The maximum absolute atomic E-state index is 12.5. The lowest BCUT2D eigenvalue weighted by molar-refractivity contribution is -0.121. The quantitative estimate of drug-likeness (QED) is 0.604. The highest BCUT2D eigenvalue weighted by molar-refractivity contribution is 5.76. The van der Waals surface area contributed by atoms with Crippen molar-refractivity contribution in [1.29, 1.82) is 0 Å². The molecular weight excluding hydrogens is 360 g/mol. The molecule has 1 N–H and O–H groups in total. The van der Waals surface area contributed by atoms with Crippen molar-refractivity contribution in [1.82, 2.24) is 10.3 Å². The van der Waals surface area contributed by atoms with Crippen LogP contribution in [0.25, 0.3) is 11.3 Å². The summed E-state index contributed by atoms with van der Waals surface area (Å²) in [4.78, 5) is 16.8. The number of carbonyl (C=O) groups is 1. The molecule has 1 aromatic heterocycles. The van der Waals surface area contributed by atoms with Crippen molar-refractivity contribution in [2.24, 2.45) is 0 Å². The van der Waals surface area contributed by atoms with E-state index in [1.807, 2.05) is 18.2 Å². The minimum atomic E-state index is 0.0577. The lowest BCUT2D eigenvalue weighted by atomic mass is 9.79. The van der Waals surface area contributed by atoms with Gasteiger partial charge in [-0.1, -0.05) is 73.0 Å². The van der Waals surface area contributed by atoms with Crippen LogP contribution in [-0.4, -0.2) is 17.4 Å². The molecule has 0 radical (unpaired) electrons. The van der Waals surface area contributed by atoms with Crippen LogP contribution in [-0.2, 0) is 16.6 Å². The monoisotopic (exact) mass is 388 g/mol. The van der Waals surface area contributed by atoms with E-state index in [-0.39, 0.29) is 11.3 Å². The van der Waals surface area contributed by atoms with Crippen LogP contribution in [0.3, 0.4) is 0 Å². The van der Waals surface area contributed by atoms with E-state index < -0.39 is 0 Å². The number of hydrogen-bond donors (Lipinski definition) is 1. The summed E-state index contributed by atoms with van der Waals surface area (Å²) in [6, 6.07) is 18.8. The van der Waals surface area contributed by atoms with Gasteiger partial charge in [-0.3, -0.25) is 4.79 Å². The van der Waals surface area contributed by atoms with Crippen molar-refractivity contribution in [3.05, 3.63) is 77.8 Å². The number of hydrogen-bond acceptors (Lipinski definition) is 3. The third kappa shape index (κ3) is 4.58. The molecule has 150 valence electrons. The first-order valence-electron chi connectivity index (χ1n) is 10.5. The number of carbonyl (C=O) groups excluding carboxylic acids is 1. The van der Waals surface area contributed by atoms with Crippen LogP contribution in [0.5, 0.6) is 0 Å². The first-order chi connectivity index (χ1) is 14.1. The normalized spacial score (nSPS) is 15.3. The summed E-state index contributed by atoms with van der Waals surface area (Å²) in [5.41, 5.74) is 3.64. The second-order valence-corrected chi connectivity index (χ2v) is 8.11. The summed E-state index contributed by atoms with van der Waals surface area (Å²) in [7, 11) is 0. The summed E-state index contributed by atoms with van der Waals surface area (Å²) >= 11 is 0. The highest BCUT2D eigenvalue weighted by atomic mass is 16.4. The molecule has 1 saturated carbocycles. The van der Waals surface area contributed by atoms with Gasteiger partial charge in [-0.25, -0.2) is 4.98 Å². The van der Waals surface area contributed by atoms with Crippen LogP contribution in [0.15, 0.2) is 65.2 Å². The zero-order chi connectivity index (χ0) is 20.1. The minimum absolute atomic E-state index is 0.0577. The van der Waals surface area contributed by atoms with Crippen LogP contribution in [0.4, 0.5) is 0 Å². The fourth-order valence-corrected chi connectivity index (χ4v) is 4.26. The predicted octanol–water partition coefficient (Wildman–Crippen LogP) is 5.21. The Morgan fingerprint density at radius 1 is 1.07 bits per heavy atom. The molecule has 0 bridgehead atoms. The number of nitrogens with one attached hydrogen (secondary N) is 1. The van der Waals surface area contributed by atoms with Crippen LogP contribution in [0, 0.1) is 6.92 Å². The number of nitrogens with zero attached hydrogens (tertiary/aromatic N) is 1. The molecule has 2 aromatic carbocycles. The molecule has 0 spiro atoms. The average Bonchev–Trinajstić information content (AvgIpc) is 3.43. The van der Waals surface area contributed by atoms with Crippen molar-refractivity contribution in [2.75, 3.05) is 6.54 Å². The van der Waals surface area contributed by atoms with Gasteiger partial charge in [-0.05, 0) is 25.3 Å². The molecular formula is C25H28N2O2. The Kier molecular flexibility index (Phi) is 5.79. The van der Waals surface area contributed by atoms with E-state index in [2.05, 4.69) is 53.6 Å². The van der Waals surface area contributed by atoms with E-state index in [0.717, 1.165) is 24.2 Å². The smallest absolute Gasteiger partial charge is 0.220 e. The van der Waals surface area contributed by atoms with E-state index in [1.165, 1.54) is 24.0 Å². The summed E-state index contributed by atoms with van der Waals surface area (Å²) in [5, 5.41) is 3.17. The largest absolute Gasteiger partial charge is 0.441 e. The van der Waals surface area contributed by atoms with Crippen LogP contribution >= 0.6 is 0 Å². The topological polar surface area (TPSA) is 55.1 Å². The molecule has 1 heterocycles. The number of benzene rings is 2. The fraction of sp³-hybridized carbons (Fsp3) is 0.360. The summed E-state index contributed by atoms with van der Waals surface area (Å²) in [6.07, 6.45) is 7.36. The number of rotatable bonds is 7. The van der Waals surface area contributed by atoms with Gasteiger partial charge in [0, 0.05) is 30.4 Å². The summed E-state index contributed by atoms with van der Waals surface area (Å²) in [6.45, 7) is 2.76. The molecule has 1 aliphatic carbocycles. The third-order valence-electron chi connectivity index (χ3n) is 6.03. The Hall–Kier alpha value is -2.88. The molecule has 0 saturated heterocycles. The van der Waals surface area contributed by atoms with E-state index in [4.69, 9.17) is 4.42 Å². The van der Waals surface area contributed by atoms with Gasteiger partial charge in [0.05, 0.1) is 6.20 Å². The van der Waals surface area contributed by atoms with Crippen molar-refractivity contribution in [2.45, 2.75) is 50.9 Å². The van der Waals surface area contributed by atoms with Gasteiger partial charge < -0.3 is 9.73 Å². The molecule has 3 aromatic rings. The van der Waals surface area contributed by atoms with Crippen molar-refractivity contribution >= 4 is 5.91 Å². The maximum Gasteiger partial charge on any atom is 0.220 e. The van der Waals surface area contributed by atoms with Crippen molar-refractivity contribution < 1.29 is 9.21 Å². The summed E-state index contributed by atoms with van der Waals surface area (Å²) in [5.74, 6) is 1.41. The molecule has 1 fully saturated rings. The van der Waals surface area contributed by atoms with E-state index >= 15 is 0 Å². The van der Waals surface area contributed by atoms with Crippen LogP contribution in [0.2, 0.25) is 0 Å². The molecule has 1 aliphatic rings. The minimum Gasteiger partial charge on any atom is -0.441 e. The standard InChI is InChI=1S/C25H28N2O2/c1-19-9-11-20(12-10-19)22-17-26-24(29-22)14-13-23(28)27-18-25(15-5-6-16-25)21-7-3-2-4-8-21/h2-4,7-12,17H,5-6,13-16,18H2,1H3,(H,27,28). The number of aryl methyl sites for hydroxylation is 2. The Bertz CT molecular complexity index is 938. The molecule has 1 amide bonds. The van der Waals surface area contributed by atoms with Gasteiger partial charge >= 0.3 is 0 Å². The van der Waals surface area contributed by atoms with Gasteiger partial charge in [0.2, 0.25) is 5.91 Å². The lowest BCUT2D eigenvalue weighted by Crippen LogP contribution is -2.39. The number of aromatic nitrogens is 1.